The number of nitrogens with one attached hydrogen (secondary N) is 1. The molecule has 1 amide bonds. The lowest BCUT2D eigenvalue weighted by Gasteiger charge is -2.14. The number of carbonyl (C=O) groups is 1. The van der Waals surface area contributed by atoms with E-state index in [0.29, 0.717) is 5.75 Å². The quantitative estimate of drug-likeness (QED) is 0.904. The Bertz CT molecular complexity index is 492. The van der Waals surface area contributed by atoms with Crippen LogP contribution in [0, 0.1) is 0 Å². The molecule has 0 atom stereocenters. The Hall–Kier alpha value is -0.940. The van der Waals surface area contributed by atoms with E-state index in [2.05, 4.69) is 42.4 Å². The summed E-state index contributed by atoms with van der Waals surface area (Å²) in [5, 5.41) is 3.08. The number of carbonyl (C=O) groups excluding carboxylic acids is 1. The molecule has 1 aromatic carbocycles. The van der Waals surface area contributed by atoms with Gasteiger partial charge in [-0.05, 0) is 24.0 Å². The molecule has 1 aliphatic heterocycles. The van der Waals surface area contributed by atoms with Crippen LogP contribution in [0.15, 0.2) is 23.2 Å². The van der Waals surface area contributed by atoms with Gasteiger partial charge in [-0.1, -0.05) is 55.6 Å². The molecule has 0 unspecified atom stereocenters. The molecule has 0 aromatic heterocycles. The summed E-state index contributed by atoms with van der Waals surface area (Å²) in [5.74, 6) is 1.54. The maximum atomic E-state index is 12.1. The molecule has 5 heteroatoms. The normalized spacial score (nSPS) is 14.2. The lowest BCUT2D eigenvalue weighted by atomic mass is 10.0. The second kappa shape index (κ2) is 7.74. The number of hydrogen-bond donors (Lipinski definition) is 1. The van der Waals surface area contributed by atoms with Crippen molar-refractivity contribution in [3.05, 3.63) is 29.3 Å². The fourth-order valence-electron chi connectivity index (χ4n) is 2.11. The molecule has 0 bridgehead atoms. The van der Waals surface area contributed by atoms with Crippen molar-refractivity contribution >= 4 is 39.5 Å². The standard InChI is InChI=1S/C15H20N2OS2/c1-3-11-6-5-7-12(4-2)14(11)17-13(18)10-20-15-16-8-9-19-15/h5-7H,3-4,8-10H2,1-2H3,(H,17,18). The third-order valence-electron chi connectivity index (χ3n) is 3.15. The molecule has 0 radical (unpaired) electrons. The molecule has 1 heterocycles. The SMILES string of the molecule is CCc1cccc(CC)c1NC(=O)CSC1=NCCS1. The molecule has 0 aliphatic carbocycles. The monoisotopic (exact) mass is 308 g/mol. The predicted molar refractivity (Wildman–Crippen MR) is 91.0 cm³/mol. The van der Waals surface area contributed by atoms with Gasteiger partial charge in [0.1, 0.15) is 4.38 Å². The van der Waals surface area contributed by atoms with Gasteiger partial charge in [0.05, 0.1) is 12.3 Å². The number of anilines is 1. The summed E-state index contributed by atoms with van der Waals surface area (Å²) in [6, 6.07) is 6.23. The van der Waals surface area contributed by atoms with Gasteiger partial charge < -0.3 is 5.32 Å². The molecule has 1 aliphatic rings. The zero-order chi connectivity index (χ0) is 14.4. The molecule has 1 aromatic rings. The van der Waals surface area contributed by atoms with Crippen molar-refractivity contribution in [2.45, 2.75) is 26.7 Å². The van der Waals surface area contributed by atoms with Crippen LogP contribution in [0.25, 0.3) is 0 Å². The lowest BCUT2D eigenvalue weighted by Crippen LogP contribution is -2.17. The summed E-state index contributed by atoms with van der Waals surface area (Å²) in [4.78, 5) is 16.5. The van der Waals surface area contributed by atoms with Gasteiger partial charge in [-0.2, -0.15) is 0 Å². The van der Waals surface area contributed by atoms with Gasteiger partial charge in [0.15, 0.2) is 0 Å². The van der Waals surface area contributed by atoms with Gasteiger partial charge in [-0.15, -0.1) is 0 Å². The van der Waals surface area contributed by atoms with Crippen molar-refractivity contribution in [3.63, 3.8) is 0 Å². The third-order valence-corrected chi connectivity index (χ3v) is 5.40. The van der Waals surface area contributed by atoms with Crippen LogP contribution >= 0.6 is 23.5 Å². The first kappa shape index (κ1) is 15.4. The number of hydrogen-bond acceptors (Lipinski definition) is 4. The first-order valence-electron chi connectivity index (χ1n) is 6.95. The Labute approximate surface area is 129 Å². The minimum Gasteiger partial charge on any atom is -0.325 e. The van der Waals surface area contributed by atoms with E-state index >= 15 is 0 Å². The molecule has 108 valence electrons. The summed E-state index contributed by atoms with van der Waals surface area (Å²) in [5.41, 5.74) is 3.41. The highest BCUT2D eigenvalue weighted by Crippen LogP contribution is 2.24. The topological polar surface area (TPSA) is 41.5 Å². The Morgan fingerprint density at radius 1 is 1.35 bits per heavy atom. The zero-order valence-corrected chi connectivity index (χ0v) is 13.6. The van der Waals surface area contributed by atoms with Crippen LogP contribution in [0.2, 0.25) is 0 Å². The molecule has 0 spiro atoms. The smallest absolute Gasteiger partial charge is 0.234 e. The highest BCUT2D eigenvalue weighted by molar-refractivity contribution is 8.39. The second-order valence-electron chi connectivity index (χ2n) is 4.49. The Balaban J connectivity index is 1.99. The van der Waals surface area contributed by atoms with Crippen molar-refractivity contribution in [2.24, 2.45) is 4.99 Å². The van der Waals surface area contributed by atoms with Gasteiger partial charge in [-0.3, -0.25) is 9.79 Å². The minimum absolute atomic E-state index is 0.0563. The summed E-state index contributed by atoms with van der Waals surface area (Å²) < 4.78 is 1.04. The van der Waals surface area contributed by atoms with Crippen molar-refractivity contribution in [1.29, 1.82) is 0 Å². The number of aryl methyl sites for hydroxylation is 2. The Kier molecular flexibility index (Phi) is 5.98. The van der Waals surface area contributed by atoms with E-state index in [1.54, 1.807) is 11.8 Å². The summed E-state index contributed by atoms with van der Waals surface area (Å²) in [6.07, 6.45) is 1.86. The van der Waals surface area contributed by atoms with Gasteiger partial charge in [-0.25, -0.2) is 0 Å². The van der Waals surface area contributed by atoms with Crippen molar-refractivity contribution < 1.29 is 4.79 Å². The first-order chi connectivity index (χ1) is 9.74. The number of para-hydroxylation sites is 1. The van der Waals surface area contributed by atoms with Crippen molar-refractivity contribution in [3.8, 4) is 0 Å². The highest BCUT2D eigenvalue weighted by atomic mass is 32.2. The largest absolute Gasteiger partial charge is 0.325 e. The van der Waals surface area contributed by atoms with E-state index in [4.69, 9.17) is 0 Å². The van der Waals surface area contributed by atoms with E-state index in [1.807, 2.05) is 0 Å². The fourth-order valence-corrected chi connectivity index (χ4v) is 3.92. The van der Waals surface area contributed by atoms with Gasteiger partial charge in [0, 0.05) is 11.4 Å². The van der Waals surface area contributed by atoms with Crippen LogP contribution in [0.4, 0.5) is 5.69 Å². The van der Waals surface area contributed by atoms with Crippen LogP contribution in [0.5, 0.6) is 0 Å². The lowest BCUT2D eigenvalue weighted by molar-refractivity contribution is -0.113. The van der Waals surface area contributed by atoms with Crippen LogP contribution < -0.4 is 5.32 Å². The number of aliphatic imine (C=N–C) groups is 1. The van der Waals surface area contributed by atoms with Gasteiger partial charge >= 0.3 is 0 Å². The highest BCUT2D eigenvalue weighted by Gasteiger charge is 2.13. The number of rotatable bonds is 5. The zero-order valence-electron chi connectivity index (χ0n) is 11.9. The maximum Gasteiger partial charge on any atom is 0.234 e. The average Bonchev–Trinajstić information content (AvgIpc) is 2.98. The fraction of sp³-hybridized carbons (Fsp3) is 0.467. The van der Waals surface area contributed by atoms with Crippen LogP contribution in [-0.4, -0.2) is 28.3 Å². The molecule has 0 saturated heterocycles. The van der Waals surface area contributed by atoms with E-state index in [1.165, 1.54) is 22.9 Å². The molecule has 3 nitrogen and oxygen atoms in total. The molecule has 1 N–H and O–H groups in total. The number of benzene rings is 1. The molecular formula is C15H20N2OS2. The minimum atomic E-state index is 0.0563. The second-order valence-corrected chi connectivity index (χ2v) is 6.80. The van der Waals surface area contributed by atoms with Crippen molar-refractivity contribution in [2.75, 3.05) is 23.4 Å². The first-order valence-corrected chi connectivity index (χ1v) is 8.92. The van der Waals surface area contributed by atoms with Crippen LogP contribution in [-0.2, 0) is 17.6 Å². The maximum absolute atomic E-state index is 12.1. The van der Waals surface area contributed by atoms with E-state index < -0.39 is 0 Å². The van der Waals surface area contributed by atoms with Gasteiger partial charge in [0.2, 0.25) is 5.91 Å². The molecule has 0 saturated carbocycles. The van der Waals surface area contributed by atoms with E-state index in [0.717, 1.165) is 35.2 Å². The van der Waals surface area contributed by atoms with Crippen LogP contribution in [0.3, 0.4) is 0 Å². The molecule has 20 heavy (non-hydrogen) atoms. The van der Waals surface area contributed by atoms with Gasteiger partial charge in [0.25, 0.3) is 0 Å². The summed E-state index contributed by atoms with van der Waals surface area (Å²) >= 11 is 3.28. The number of nitrogens with zero attached hydrogens (tertiary/aromatic N) is 1. The Morgan fingerprint density at radius 3 is 2.60 bits per heavy atom. The third kappa shape index (κ3) is 4.03. The van der Waals surface area contributed by atoms with Crippen LogP contribution in [0.1, 0.15) is 25.0 Å². The van der Waals surface area contributed by atoms with E-state index in [9.17, 15) is 4.79 Å². The van der Waals surface area contributed by atoms with Crippen molar-refractivity contribution in [1.82, 2.24) is 0 Å². The predicted octanol–water partition coefficient (Wildman–Crippen LogP) is 3.59. The average molecular weight is 308 g/mol. The molecular weight excluding hydrogens is 288 g/mol. The van der Waals surface area contributed by atoms with E-state index in [-0.39, 0.29) is 5.91 Å². The molecule has 2 rings (SSSR count). The number of thioether (sulfide) groups is 2. The molecule has 0 fully saturated rings. The summed E-state index contributed by atoms with van der Waals surface area (Å²) in [7, 11) is 0. The summed E-state index contributed by atoms with van der Waals surface area (Å²) in [6.45, 7) is 5.11. The Morgan fingerprint density at radius 2 is 2.05 bits per heavy atom. The number of amides is 1.